The third kappa shape index (κ3) is 12.3. The van der Waals surface area contributed by atoms with Crippen molar-refractivity contribution in [2.75, 3.05) is 62.7 Å². The number of halogens is 1. The number of alkyl halides is 1. The number of piperidine rings is 1. The van der Waals surface area contributed by atoms with E-state index < -0.39 is 29.6 Å². The fraction of sp³-hybridized carbons (Fsp3) is 0.541. The summed E-state index contributed by atoms with van der Waals surface area (Å²) < 4.78 is 31.7. The Labute approximate surface area is 348 Å². The van der Waals surface area contributed by atoms with Gasteiger partial charge in [-0.3, -0.25) is 4.90 Å². The monoisotopic (exact) mass is 742 g/mol. The molecule has 0 saturated carbocycles. The van der Waals surface area contributed by atoms with Gasteiger partial charge < -0.3 is 34.4 Å². The zero-order valence-electron chi connectivity index (χ0n) is 31.3. The number of rotatable bonds is 7. The first kappa shape index (κ1) is 41.8. The van der Waals surface area contributed by atoms with Gasteiger partial charge in [-0.25, -0.2) is 19.2 Å². The van der Waals surface area contributed by atoms with E-state index in [-0.39, 0.29) is 82.2 Å². The number of nitrogens with one attached hydrogen (secondary N) is 1. The minimum atomic E-state index is -1.43. The molecule has 1 amide bonds. The van der Waals surface area contributed by atoms with Gasteiger partial charge in [0.05, 0.1) is 31.4 Å². The average Bonchev–Trinajstić information content (AvgIpc) is 3.04. The van der Waals surface area contributed by atoms with Gasteiger partial charge in [-0.1, -0.05) is 20.8 Å². The molecule has 0 unspecified atom stereocenters. The number of ether oxygens (including phenoxy) is 3. The van der Waals surface area contributed by atoms with Gasteiger partial charge in [-0.2, -0.15) is 10.2 Å². The maximum absolute atomic E-state index is 15.1. The van der Waals surface area contributed by atoms with E-state index in [2.05, 4.69) is 48.3 Å². The molecule has 274 valence electrons. The molecule has 3 aliphatic heterocycles. The van der Waals surface area contributed by atoms with E-state index in [9.17, 15) is 15.2 Å². The third-order valence-corrected chi connectivity index (χ3v) is 8.28. The molecule has 3 fully saturated rings. The van der Waals surface area contributed by atoms with Gasteiger partial charge in [0.1, 0.15) is 29.9 Å². The SMILES string of the molecule is CC(C)(C)OC(=O)N1CC[C@H](Oc2ccc(-c3ncnc(Nc4ccc(N5CCN(C6COC6)CC5)cc4)n3)cc2C#N)[C@H](F)C1.CC(C)(C)[O-].[K+]. The van der Waals surface area contributed by atoms with E-state index in [1.54, 1.807) is 59.7 Å². The summed E-state index contributed by atoms with van der Waals surface area (Å²) in [6.45, 7) is 16.1. The second kappa shape index (κ2) is 18.4. The number of benzene rings is 2. The van der Waals surface area contributed by atoms with E-state index in [0.29, 0.717) is 23.4 Å². The second-order valence-electron chi connectivity index (χ2n) is 14.8. The van der Waals surface area contributed by atoms with Crippen molar-refractivity contribution in [1.29, 1.82) is 5.26 Å². The Hall–Kier alpha value is -2.94. The van der Waals surface area contributed by atoms with Crippen LogP contribution in [0.4, 0.5) is 26.5 Å². The molecular weight excluding hydrogens is 695 g/mol. The molecule has 0 bridgehead atoms. The Bertz CT molecular complexity index is 1660. The number of piperazine rings is 1. The van der Waals surface area contributed by atoms with Crippen molar-refractivity contribution >= 4 is 23.4 Å². The minimum Gasteiger partial charge on any atom is -0.850 e. The summed E-state index contributed by atoms with van der Waals surface area (Å²) in [5.74, 6) is 1.00. The van der Waals surface area contributed by atoms with Crippen LogP contribution in [0.5, 0.6) is 5.75 Å². The largest absolute Gasteiger partial charge is 1.00 e. The quantitative estimate of drug-likeness (QED) is 0.350. The van der Waals surface area contributed by atoms with Crippen molar-refractivity contribution in [3.63, 3.8) is 0 Å². The van der Waals surface area contributed by atoms with Crippen LogP contribution in [0.3, 0.4) is 0 Å². The molecule has 13 nitrogen and oxygen atoms in total. The van der Waals surface area contributed by atoms with Gasteiger partial charge in [0.2, 0.25) is 5.95 Å². The van der Waals surface area contributed by atoms with Crippen LogP contribution in [0.15, 0.2) is 48.8 Å². The van der Waals surface area contributed by atoms with Crippen LogP contribution < -0.4 is 71.4 Å². The Kier molecular flexibility index (Phi) is 14.8. The van der Waals surface area contributed by atoms with Crippen molar-refractivity contribution < 1.29 is 79.9 Å². The van der Waals surface area contributed by atoms with E-state index in [1.807, 2.05) is 12.1 Å². The predicted molar refractivity (Wildman–Crippen MR) is 190 cm³/mol. The van der Waals surface area contributed by atoms with E-state index in [0.717, 1.165) is 45.1 Å². The number of aromatic nitrogens is 3. The molecule has 2 aromatic carbocycles. The molecule has 0 spiro atoms. The summed E-state index contributed by atoms with van der Waals surface area (Å²) in [5.41, 5.74) is 1.42. The van der Waals surface area contributed by atoms with E-state index in [1.165, 1.54) is 16.9 Å². The zero-order chi connectivity index (χ0) is 36.8. The van der Waals surface area contributed by atoms with Crippen LogP contribution in [-0.2, 0) is 9.47 Å². The Morgan fingerprint density at radius 2 is 1.69 bits per heavy atom. The Morgan fingerprint density at radius 1 is 1.02 bits per heavy atom. The Morgan fingerprint density at radius 3 is 2.27 bits per heavy atom. The fourth-order valence-corrected chi connectivity index (χ4v) is 5.69. The first-order valence-electron chi connectivity index (χ1n) is 17.3. The van der Waals surface area contributed by atoms with E-state index in [4.69, 9.17) is 14.2 Å². The van der Waals surface area contributed by atoms with Crippen molar-refractivity contribution in [1.82, 2.24) is 24.8 Å². The molecule has 4 heterocycles. The number of carbonyl (C=O) groups excluding carboxylic acids is 1. The summed E-state index contributed by atoms with van der Waals surface area (Å²) in [5, 5.41) is 23.2. The summed E-state index contributed by atoms with van der Waals surface area (Å²) in [6.07, 6.45) is -1.11. The first-order chi connectivity index (χ1) is 24.1. The van der Waals surface area contributed by atoms with Crippen molar-refractivity contribution in [3.05, 3.63) is 54.4 Å². The Balaban J connectivity index is 0.000000944. The molecule has 3 aromatic rings. The van der Waals surface area contributed by atoms with Gasteiger partial charge in [0.25, 0.3) is 0 Å². The number of carbonyl (C=O) groups is 1. The summed E-state index contributed by atoms with van der Waals surface area (Å²) in [6, 6.07) is 15.9. The van der Waals surface area contributed by atoms with Crippen LogP contribution in [0, 0.1) is 11.3 Å². The molecule has 0 radical (unpaired) electrons. The van der Waals surface area contributed by atoms with Crippen LogP contribution >= 0.6 is 0 Å². The van der Waals surface area contributed by atoms with E-state index >= 15 is 4.39 Å². The second-order valence-corrected chi connectivity index (χ2v) is 14.8. The number of hydrogen-bond donors (Lipinski definition) is 1. The normalized spacial score (nSPS) is 19.6. The molecule has 0 aliphatic carbocycles. The number of nitrogens with zero attached hydrogens (tertiary/aromatic N) is 7. The molecule has 1 aromatic heterocycles. The van der Waals surface area contributed by atoms with Crippen LogP contribution in [0.1, 0.15) is 53.5 Å². The van der Waals surface area contributed by atoms with Crippen LogP contribution in [-0.4, -0.2) is 113 Å². The maximum Gasteiger partial charge on any atom is 1.00 e. The number of likely N-dealkylation sites (tertiary alicyclic amines) is 1. The molecule has 3 aliphatic rings. The topological polar surface area (TPSA) is 152 Å². The smallest absolute Gasteiger partial charge is 0.850 e. The molecule has 3 saturated heterocycles. The molecule has 6 rings (SSSR count). The maximum atomic E-state index is 15.1. The molecular formula is C37H48FKN8O5. The third-order valence-electron chi connectivity index (χ3n) is 8.28. The summed E-state index contributed by atoms with van der Waals surface area (Å²) in [7, 11) is 0. The molecule has 2 atom stereocenters. The minimum absolute atomic E-state index is 0. The summed E-state index contributed by atoms with van der Waals surface area (Å²) in [4.78, 5) is 31.7. The van der Waals surface area contributed by atoms with Crippen LogP contribution in [0.2, 0.25) is 0 Å². The number of nitriles is 1. The van der Waals surface area contributed by atoms with Gasteiger partial charge in [-0.05, 0) is 63.2 Å². The molecule has 15 heteroatoms. The van der Waals surface area contributed by atoms with Gasteiger partial charge >= 0.3 is 57.5 Å². The van der Waals surface area contributed by atoms with Crippen molar-refractivity contribution in [3.8, 4) is 23.2 Å². The number of anilines is 3. The fourth-order valence-electron chi connectivity index (χ4n) is 5.69. The number of hydrogen-bond acceptors (Lipinski definition) is 12. The molecule has 52 heavy (non-hydrogen) atoms. The zero-order valence-corrected chi connectivity index (χ0v) is 34.4. The average molecular weight is 743 g/mol. The molecule has 1 N–H and O–H groups in total. The van der Waals surface area contributed by atoms with Crippen molar-refractivity contribution in [2.24, 2.45) is 0 Å². The van der Waals surface area contributed by atoms with Crippen molar-refractivity contribution in [2.45, 2.75) is 77.5 Å². The van der Waals surface area contributed by atoms with Gasteiger partial charge in [-0.15, -0.1) is 5.60 Å². The predicted octanol–water partition coefficient (Wildman–Crippen LogP) is 1.55. The van der Waals surface area contributed by atoms with Gasteiger partial charge in [0, 0.05) is 56.1 Å². The van der Waals surface area contributed by atoms with Gasteiger partial charge in [0.15, 0.2) is 12.0 Å². The number of amides is 1. The van der Waals surface area contributed by atoms with Crippen LogP contribution in [0.25, 0.3) is 11.4 Å². The standard InChI is InChI=1S/C33H39FN8O4.C4H9O.K/c1-33(2,3)46-32(43)42-11-10-29(27(34)18-42)45-28-9-4-22(16-23(28)17-35)30-36-21-37-31(39-30)38-24-5-7-25(8-6-24)40-12-14-41(15-13-40)26-19-44-20-26;1-4(2,3)5;/h4-9,16,21,26-27,29H,10-15,18-20H2,1-3H3,(H,36,37,38,39);1-3H3;/q;-1;+1/t27-,29+;;/m1../s1. The summed E-state index contributed by atoms with van der Waals surface area (Å²) >= 11 is 0. The first-order valence-corrected chi connectivity index (χ1v) is 17.3.